The molecule has 1 aliphatic carbocycles. The van der Waals surface area contributed by atoms with Crippen molar-refractivity contribution in [2.45, 2.75) is 26.2 Å². The van der Waals surface area contributed by atoms with Crippen molar-refractivity contribution in [1.29, 1.82) is 0 Å². The molecule has 0 N–H and O–H groups in total. The van der Waals surface area contributed by atoms with Gasteiger partial charge in [0.25, 0.3) is 0 Å². The van der Waals surface area contributed by atoms with Crippen LogP contribution in [0.3, 0.4) is 0 Å². The van der Waals surface area contributed by atoms with Crippen molar-refractivity contribution >= 4 is 23.2 Å². The summed E-state index contributed by atoms with van der Waals surface area (Å²) in [7, 11) is 0. The van der Waals surface area contributed by atoms with Gasteiger partial charge in [-0.15, -0.1) is 0 Å². The van der Waals surface area contributed by atoms with Crippen LogP contribution in [0.5, 0.6) is 0 Å². The molecule has 0 saturated heterocycles. The Kier molecular flexibility index (Phi) is 3.47. The molecule has 0 aromatic carbocycles. The second-order valence-corrected chi connectivity index (χ2v) is 4.05. The average molecular weight is 191 g/mol. The van der Waals surface area contributed by atoms with Crippen molar-refractivity contribution in [2.24, 2.45) is 5.92 Å². The fraction of sp³-hybridized carbons (Fsp3) is 0.556. The first-order valence-electron chi connectivity index (χ1n) is 3.92. The summed E-state index contributed by atoms with van der Waals surface area (Å²) in [6, 6.07) is 0. The molecular weight excluding hydrogens is 179 g/mol. The van der Waals surface area contributed by atoms with E-state index in [4.69, 9.17) is 23.2 Å². The lowest BCUT2D eigenvalue weighted by Gasteiger charge is -2.14. The normalized spacial score (nSPS) is 24.3. The zero-order chi connectivity index (χ0) is 8.27. The predicted molar refractivity (Wildman–Crippen MR) is 50.9 cm³/mol. The standard InChI is InChI=1S/C9H12Cl2/c1-7-3-2-4-8(5-7)6-9(10)11/h5-7H,2-4H2,1H3. The zero-order valence-corrected chi connectivity index (χ0v) is 8.12. The van der Waals surface area contributed by atoms with Crippen LogP contribution in [0.2, 0.25) is 0 Å². The third-order valence-corrected chi connectivity index (χ3v) is 2.14. The molecule has 0 saturated carbocycles. The van der Waals surface area contributed by atoms with Crippen LogP contribution < -0.4 is 0 Å². The largest absolute Gasteiger partial charge is 0.107 e. The highest BCUT2D eigenvalue weighted by Crippen LogP contribution is 2.25. The molecule has 1 aliphatic rings. The Morgan fingerprint density at radius 3 is 2.91 bits per heavy atom. The van der Waals surface area contributed by atoms with Crippen LogP contribution in [-0.2, 0) is 0 Å². The fourth-order valence-electron chi connectivity index (χ4n) is 1.42. The third-order valence-electron chi connectivity index (χ3n) is 1.92. The molecule has 0 amide bonds. The summed E-state index contributed by atoms with van der Waals surface area (Å²) in [4.78, 5) is 0. The summed E-state index contributed by atoms with van der Waals surface area (Å²) in [6.45, 7) is 2.22. The van der Waals surface area contributed by atoms with Gasteiger partial charge in [0.2, 0.25) is 0 Å². The van der Waals surface area contributed by atoms with Gasteiger partial charge in [-0.05, 0) is 36.8 Å². The lowest BCUT2D eigenvalue weighted by atomic mass is 9.92. The average Bonchev–Trinajstić information content (AvgIpc) is 1.85. The molecule has 1 unspecified atom stereocenters. The lowest BCUT2D eigenvalue weighted by molar-refractivity contribution is 0.574. The van der Waals surface area contributed by atoms with E-state index in [9.17, 15) is 0 Å². The molecule has 1 atom stereocenters. The first kappa shape index (κ1) is 9.15. The minimum absolute atomic E-state index is 0.366. The topological polar surface area (TPSA) is 0 Å². The van der Waals surface area contributed by atoms with Crippen LogP contribution >= 0.6 is 23.2 Å². The SMILES string of the molecule is CC1C=C(C=C(Cl)Cl)CCC1. The lowest BCUT2D eigenvalue weighted by Crippen LogP contribution is -1.98. The zero-order valence-electron chi connectivity index (χ0n) is 6.61. The third kappa shape index (κ3) is 3.31. The van der Waals surface area contributed by atoms with Gasteiger partial charge >= 0.3 is 0 Å². The van der Waals surface area contributed by atoms with E-state index in [1.165, 1.54) is 18.4 Å². The van der Waals surface area contributed by atoms with Gasteiger partial charge in [0, 0.05) is 0 Å². The van der Waals surface area contributed by atoms with Crippen LogP contribution in [0, 0.1) is 5.92 Å². The van der Waals surface area contributed by atoms with Gasteiger partial charge in [0.1, 0.15) is 4.49 Å². The summed E-state index contributed by atoms with van der Waals surface area (Å²) in [5.41, 5.74) is 1.28. The van der Waals surface area contributed by atoms with E-state index in [0.29, 0.717) is 10.4 Å². The van der Waals surface area contributed by atoms with Gasteiger partial charge in [-0.1, -0.05) is 36.2 Å². The van der Waals surface area contributed by atoms with Crippen LogP contribution in [-0.4, -0.2) is 0 Å². The van der Waals surface area contributed by atoms with Crippen molar-refractivity contribution in [2.75, 3.05) is 0 Å². The molecule has 0 nitrogen and oxygen atoms in total. The first-order valence-corrected chi connectivity index (χ1v) is 4.67. The van der Waals surface area contributed by atoms with E-state index in [-0.39, 0.29) is 0 Å². The Balaban J connectivity index is 2.64. The second-order valence-electron chi connectivity index (χ2n) is 3.05. The summed E-state index contributed by atoms with van der Waals surface area (Å²) in [5, 5.41) is 0. The van der Waals surface area contributed by atoms with E-state index >= 15 is 0 Å². The molecular formula is C9H12Cl2. The quantitative estimate of drug-likeness (QED) is 0.586. The first-order chi connectivity index (χ1) is 5.18. The highest BCUT2D eigenvalue weighted by molar-refractivity contribution is 6.56. The fourth-order valence-corrected chi connectivity index (χ4v) is 1.70. The maximum Gasteiger partial charge on any atom is 0.107 e. The minimum atomic E-state index is 0.366. The molecule has 0 heterocycles. The molecule has 2 heteroatoms. The van der Waals surface area contributed by atoms with Gasteiger partial charge in [0.05, 0.1) is 0 Å². The molecule has 0 radical (unpaired) electrons. The van der Waals surface area contributed by atoms with E-state index in [0.717, 1.165) is 6.42 Å². The van der Waals surface area contributed by atoms with Gasteiger partial charge in [-0.3, -0.25) is 0 Å². The maximum absolute atomic E-state index is 5.54. The monoisotopic (exact) mass is 190 g/mol. The Hall–Kier alpha value is 0.0600. The van der Waals surface area contributed by atoms with E-state index in [1.807, 2.05) is 6.08 Å². The summed E-state index contributed by atoms with van der Waals surface area (Å²) in [6.07, 6.45) is 7.75. The highest BCUT2D eigenvalue weighted by Gasteiger charge is 2.07. The molecule has 0 spiro atoms. The Bertz CT molecular complexity index is 188. The minimum Gasteiger partial charge on any atom is -0.0784 e. The van der Waals surface area contributed by atoms with Crippen LogP contribution in [0.15, 0.2) is 22.2 Å². The summed E-state index contributed by atoms with van der Waals surface area (Å²) in [5.74, 6) is 0.683. The van der Waals surface area contributed by atoms with Gasteiger partial charge in [0.15, 0.2) is 0 Å². The Morgan fingerprint density at radius 1 is 1.64 bits per heavy atom. The molecule has 0 aromatic heterocycles. The Labute approximate surface area is 77.9 Å². The van der Waals surface area contributed by atoms with E-state index < -0.39 is 0 Å². The molecule has 0 bridgehead atoms. The number of hydrogen-bond donors (Lipinski definition) is 0. The van der Waals surface area contributed by atoms with E-state index in [1.54, 1.807) is 0 Å². The van der Waals surface area contributed by atoms with Crippen molar-refractivity contribution in [3.63, 3.8) is 0 Å². The molecule has 0 aromatic rings. The maximum atomic E-state index is 5.54. The number of halogens is 2. The molecule has 1 rings (SSSR count). The number of rotatable bonds is 1. The Morgan fingerprint density at radius 2 is 2.36 bits per heavy atom. The second kappa shape index (κ2) is 4.18. The smallest absolute Gasteiger partial charge is 0.0784 e. The van der Waals surface area contributed by atoms with Gasteiger partial charge in [-0.25, -0.2) is 0 Å². The van der Waals surface area contributed by atoms with Gasteiger partial charge < -0.3 is 0 Å². The highest BCUT2D eigenvalue weighted by atomic mass is 35.5. The number of allylic oxidation sites excluding steroid dienone is 3. The van der Waals surface area contributed by atoms with Crippen molar-refractivity contribution in [3.05, 3.63) is 22.2 Å². The van der Waals surface area contributed by atoms with E-state index in [2.05, 4.69) is 13.0 Å². The van der Waals surface area contributed by atoms with Crippen LogP contribution in [0.25, 0.3) is 0 Å². The van der Waals surface area contributed by atoms with Crippen LogP contribution in [0.4, 0.5) is 0 Å². The number of hydrogen-bond acceptors (Lipinski definition) is 0. The van der Waals surface area contributed by atoms with Crippen molar-refractivity contribution < 1.29 is 0 Å². The molecule has 0 aliphatic heterocycles. The van der Waals surface area contributed by atoms with Crippen molar-refractivity contribution in [3.8, 4) is 0 Å². The van der Waals surface area contributed by atoms with Gasteiger partial charge in [-0.2, -0.15) is 0 Å². The summed E-state index contributed by atoms with van der Waals surface area (Å²) >= 11 is 11.1. The molecule has 11 heavy (non-hydrogen) atoms. The molecule has 62 valence electrons. The predicted octanol–water partition coefficient (Wildman–Crippen LogP) is 4.05. The molecule has 0 fully saturated rings. The van der Waals surface area contributed by atoms with Crippen molar-refractivity contribution in [1.82, 2.24) is 0 Å². The van der Waals surface area contributed by atoms with Crippen LogP contribution in [0.1, 0.15) is 26.2 Å². The summed E-state index contributed by atoms with van der Waals surface area (Å²) < 4.78 is 0.366.